The van der Waals surface area contributed by atoms with Crippen LogP contribution in [0.25, 0.3) is 21.7 Å². The normalized spacial score (nSPS) is 20.6. The second kappa shape index (κ2) is 15.8. The molecule has 2 bridgehead atoms. The average Bonchev–Trinajstić information content (AvgIpc) is 3.74. The highest BCUT2D eigenvalue weighted by Crippen LogP contribution is 2.62. The molecule has 9 aromatic rings. The summed E-state index contributed by atoms with van der Waals surface area (Å²) < 4.78 is 7.75. The van der Waals surface area contributed by atoms with E-state index in [1.807, 2.05) is 0 Å². The van der Waals surface area contributed by atoms with Gasteiger partial charge in [0.25, 0.3) is 6.71 Å². The zero-order chi connectivity index (χ0) is 52.6. The molecule has 0 saturated heterocycles. The van der Waals surface area contributed by atoms with Gasteiger partial charge >= 0.3 is 0 Å². The number of furan rings is 1. The first kappa shape index (κ1) is 47.5. The molecule has 1 aromatic heterocycles. The van der Waals surface area contributed by atoms with E-state index < -0.39 is 0 Å². The largest absolute Gasteiger partial charge is 0.440 e. The summed E-state index contributed by atoms with van der Waals surface area (Å²) in [7, 11) is 0. The van der Waals surface area contributed by atoms with Crippen LogP contribution in [0.5, 0.6) is 0 Å². The average molecular weight is 994 g/mol. The SMILES string of the molecule is CC(C)(C)c1cc(N2c3cc4ccccc4cc3B3c4c2cc(N(c2ccccc2)c2ccccc2)cc4N(c2ccc4c(c2)C(C)(C)CCC4(C)C)c2oc4cc5c(cc4c23)C2(C)CCC5(C)C2)cc(C(C)(C)C)c1. The zero-order valence-corrected chi connectivity index (χ0v) is 46.9. The Morgan fingerprint density at radius 2 is 1.01 bits per heavy atom. The van der Waals surface area contributed by atoms with E-state index in [1.165, 1.54) is 102 Å². The van der Waals surface area contributed by atoms with Gasteiger partial charge in [-0.2, -0.15) is 0 Å². The fraction of sp³-hybridized carbons (Fsp3) is 0.324. The van der Waals surface area contributed by atoms with Crippen LogP contribution in [0.3, 0.4) is 0 Å². The van der Waals surface area contributed by atoms with Crippen molar-refractivity contribution in [2.24, 2.45) is 0 Å². The van der Waals surface area contributed by atoms with Gasteiger partial charge in [0.2, 0.25) is 5.88 Å². The van der Waals surface area contributed by atoms with Gasteiger partial charge in [-0.3, -0.25) is 4.90 Å². The predicted octanol–water partition coefficient (Wildman–Crippen LogP) is 17.8. The standard InChI is InChI=1S/C71H72BN3O/c1-66(2,3)46-35-47(67(4,5)6)37-51(36-46)74-59-34-45-22-20-19-21-44(45)33-58(59)72-63-53-41-56-57(71(12)32-31-70(56,11)43-71)42-62(53)76-65(63)75(50-27-28-54-55(38-50)69(9,10)30-29-68(54,7)8)61-40-52(39-60(74)64(61)72)73(48-23-15-13-16-24-48)49-25-17-14-18-26-49/h13-28,33-42H,29-32,43H2,1-12H3. The van der Waals surface area contributed by atoms with Crippen molar-refractivity contribution in [1.29, 1.82) is 0 Å². The van der Waals surface area contributed by atoms with Crippen LogP contribution in [0.15, 0.2) is 162 Å². The number of rotatable bonds is 5. The van der Waals surface area contributed by atoms with Gasteiger partial charge in [0.05, 0.1) is 5.69 Å². The van der Waals surface area contributed by atoms with Gasteiger partial charge in [-0.1, -0.05) is 162 Å². The third kappa shape index (κ3) is 6.95. The molecule has 8 aromatic carbocycles. The van der Waals surface area contributed by atoms with Crippen molar-refractivity contribution in [3.8, 4) is 0 Å². The van der Waals surface area contributed by atoms with Crippen LogP contribution < -0.4 is 31.1 Å². The van der Waals surface area contributed by atoms with E-state index in [0.717, 1.165) is 52.7 Å². The Hall–Kier alpha value is -6.98. The Morgan fingerprint density at radius 3 is 1.62 bits per heavy atom. The smallest absolute Gasteiger partial charge is 0.257 e. The van der Waals surface area contributed by atoms with E-state index in [1.54, 1.807) is 0 Å². The molecule has 2 unspecified atom stereocenters. The van der Waals surface area contributed by atoms with E-state index in [0.29, 0.717) is 0 Å². The number of anilines is 9. The van der Waals surface area contributed by atoms with Crippen LogP contribution in [-0.4, -0.2) is 6.71 Å². The van der Waals surface area contributed by atoms with Crippen LogP contribution >= 0.6 is 0 Å². The Labute approximate surface area is 451 Å². The Morgan fingerprint density at radius 1 is 0.461 bits per heavy atom. The molecule has 0 N–H and O–H groups in total. The lowest BCUT2D eigenvalue weighted by Gasteiger charge is -2.45. The second-order valence-corrected chi connectivity index (χ2v) is 27.5. The summed E-state index contributed by atoms with van der Waals surface area (Å²) in [6, 6.07) is 60.9. The molecule has 380 valence electrons. The molecule has 3 heterocycles. The molecule has 5 aliphatic rings. The molecule has 5 heteroatoms. The van der Waals surface area contributed by atoms with Crippen LogP contribution in [0.1, 0.15) is 149 Å². The highest BCUT2D eigenvalue weighted by atomic mass is 16.4. The molecule has 4 nitrogen and oxygen atoms in total. The predicted molar refractivity (Wildman–Crippen MR) is 324 cm³/mol. The van der Waals surface area contributed by atoms with E-state index in [4.69, 9.17) is 4.42 Å². The summed E-state index contributed by atoms with van der Waals surface area (Å²) in [5.74, 6) is 0.929. The highest BCUT2D eigenvalue weighted by molar-refractivity contribution is 7.01. The molecular formula is C71H72BN3O. The summed E-state index contributed by atoms with van der Waals surface area (Å²) in [6.07, 6.45) is 5.94. The van der Waals surface area contributed by atoms with E-state index in [9.17, 15) is 0 Å². The fourth-order valence-corrected chi connectivity index (χ4v) is 14.9. The maximum Gasteiger partial charge on any atom is 0.257 e. The van der Waals surface area contributed by atoms with Gasteiger partial charge in [0.15, 0.2) is 0 Å². The number of benzene rings is 8. The summed E-state index contributed by atoms with van der Waals surface area (Å²) >= 11 is 0. The molecular weight excluding hydrogens is 922 g/mol. The second-order valence-electron chi connectivity index (χ2n) is 27.5. The van der Waals surface area contributed by atoms with Crippen molar-refractivity contribution < 1.29 is 4.42 Å². The van der Waals surface area contributed by atoms with Gasteiger partial charge in [0.1, 0.15) is 5.58 Å². The van der Waals surface area contributed by atoms with Gasteiger partial charge in [-0.15, -0.1) is 0 Å². The fourth-order valence-electron chi connectivity index (χ4n) is 14.9. The number of hydrogen-bond acceptors (Lipinski definition) is 4. The third-order valence-electron chi connectivity index (χ3n) is 19.3. The summed E-state index contributed by atoms with van der Waals surface area (Å²) in [4.78, 5) is 7.67. The molecule has 14 rings (SSSR count). The maximum absolute atomic E-state index is 7.75. The van der Waals surface area contributed by atoms with Gasteiger partial charge in [0, 0.05) is 50.7 Å². The maximum atomic E-state index is 7.75. The van der Waals surface area contributed by atoms with Crippen LogP contribution in [0.2, 0.25) is 0 Å². The molecule has 2 atom stereocenters. The van der Waals surface area contributed by atoms with Crippen molar-refractivity contribution in [2.45, 2.75) is 148 Å². The first-order valence-electron chi connectivity index (χ1n) is 28.2. The summed E-state index contributed by atoms with van der Waals surface area (Å²) in [5.41, 5.74) is 22.8. The lowest BCUT2D eigenvalue weighted by molar-refractivity contribution is 0.332. The Balaban J connectivity index is 1.16. The Bertz CT molecular complexity index is 3820. The highest BCUT2D eigenvalue weighted by Gasteiger charge is 2.54. The lowest BCUT2D eigenvalue weighted by atomic mass is 9.33. The number of para-hydroxylation sites is 2. The van der Waals surface area contributed by atoms with Crippen molar-refractivity contribution >= 4 is 96.2 Å². The monoisotopic (exact) mass is 994 g/mol. The first-order valence-corrected chi connectivity index (χ1v) is 28.2. The molecule has 76 heavy (non-hydrogen) atoms. The molecule has 1 saturated carbocycles. The van der Waals surface area contributed by atoms with E-state index in [-0.39, 0.29) is 39.2 Å². The minimum Gasteiger partial charge on any atom is -0.440 e. The van der Waals surface area contributed by atoms with Crippen LogP contribution in [0, 0.1) is 0 Å². The van der Waals surface area contributed by atoms with Crippen LogP contribution in [0.4, 0.5) is 51.4 Å². The zero-order valence-electron chi connectivity index (χ0n) is 46.9. The van der Waals surface area contributed by atoms with Gasteiger partial charge in [-0.05, 0) is 199 Å². The number of fused-ring (bicyclic) bond motifs is 13. The minimum atomic E-state index is -0.134. The van der Waals surface area contributed by atoms with Gasteiger partial charge in [-0.25, -0.2) is 0 Å². The molecule has 0 radical (unpaired) electrons. The first-order chi connectivity index (χ1) is 36.1. The number of hydrogen-bond donors (Lipinski definition) is 0. The topological polar surface area (TPSA) is 22.9 Å². The van der Waals surface area contributed by atoms with Crippen LogP contribution in [-0.2, 0) is 32.5 Å². The molecule has 3 aliphatic carbocycles. The number of nitrogens with zero attached hydrogens (tertiary/aromatic N) is 3. The van der Waals surface area contributed by atoms with E-state index >= 15 is 0 Å². The minimum absolute atomic E-state index is 0.000809. The van der Waals surface area contributed by atoms with E-state index in [2.05, 4.69) is 256 Å². The molecule has 1 fully saturated rings. The van der Waals surface area contributed by atoms with Crippen molar-refractivity contribution in [1.82, 2.24) is 0 Å². The Kier molecular flexibility index (Phi) is 9.88. The lowest BCUT2D eigenvalue weighted by Crippen LogP contribution is -2.61. The quantitative estimate of drug-likeness (QED) is 0.160. The van der Waals surface area contributed by atoms with Crippen molar-refractivity contribution in [3.05, 3.63) is 191 Å². The molecule has 2 aliphatic heterocycles. The summed E-state index contributed by atoms with van der Waals surface area (Å²) in [5, 5.41) is 3.72. The van der Waals surface area contributed by atoms with Gasteiger partial charge < -0.3 is 14.2 Å². The third-order valence-corrected chi connectivity index (χ3v) is 19.3. The molecule has 0 spiro atoms. The molecule has 0 amide bonds. The van der Waals surface area contributed by atoms with Crippen molar-refractivity contribution in [3.63, 3.8) is 0 Å². The summed E-state index contributed by atoms with van der Waals surface area (Å²) in [6.45, 7) is 28.9. The van der Waals surface area contributed by atoms with Crippen molar-refractivity contribution in [2.75, 3.05) is 14.7 Å².